The molecule has 1 unspecified atom stereocenters. The van der Waals surface area contributed by atoms with Gasteiger partial charge in [0.05, 0.1) is 19.0 Å². The van der Waals surface area contributed by atoms with E-state index in [4.69, 9.17) is 25.5 Å². The molecule has 0 fully saturated rings. The summed E-state index contributed by atoms with van der Waals surface area (Å²) in [5.41, 5.74) is 1.12. The number of ether oxygens (including phenoxy) is 2. The largest absolute Gasteiger partial charge is 0.493 e. The molecule has 0 aliphatic rings. The first-order valence-corrected chi connectivity index (χ1v) is 7.03. The second-order valence-electron chi connectivity index (χ2n) is 4.00. The molecule has 0 N–H and O–H groups in total. The predicted octanol–water partition coefficient (Wildman–Crippen LogP) is 4.63. The summed E-state index contributed by atoms with van der Waals surface area (Å²) in [6, 6.07) is 9.45. The Bertz CT molecular complexity index is 553. The van der Waals surface area contributed by atoms with Crippen LogP contribution in [0.15, 0.2) is 34.7 Å². The van der Waals surface area contributed by atoms with Gasteiger partial charge < -0.3 is 13.9 Å². The van der Waals surface area contributed by atoms with Gasteiger partial charge in [-0.05, 0) is 47.9 Å². The highest BCUT2D eigenvalue weighted by Crippen LogP contribution is 2.33. The van der Waals surface area contributed by atoms with Crippen LogP contribution >= 0.6 is 27.5 Å². The summed E-state index contributed by atoms with van der Waals surface area (Å²) >= 11 is 9.36. The van der Waals surface area contributed by atoms with Crippen molar-refractivity contribution in [1.29, 1.82) is 0 Å². The predicted molar refractivity (Wildman–Crippen MR) is 78.6 cm³/mol. The number of halogens is 2. The molecule has 1 heterocycles. The first-order chi connectivity index (χ1) is 9.13. The second-order valence-corrected chi connectivity index (χ2v) is 5.48. The average Bonchev–Trinajstić information content (AvgIpc) is 2.85. The van der Waals surface area contributed by atoms with Gasteiger partial charge >= 0.3 is 0 Å². The lowest BCUT2D eigenvalue weighted by atomic mass is 10.1. The van der Waals surface area contributed by atoms with Gasteiger partial charge in [-0.1, -0.05) is 22.0 Å². The van der Waals surface area contributed by atoms with Crippen molar-refractivity contribution < 1.29 is 13.9 Å². The number of furan rings is 1. The quantitative estimate of drug-likeness (QED) is 0.741. The maximum atomic E-state index is 5.77. The molecule has 3 nitrogen and oxygen atoms in total. The summed E-state index contributed by atoms with van der Waals surface area (Å²) in [6.45, 7) is 0. The Morgan fingerprint density at radius 2 is 1.89 bits per heavy atom. The molecule has 19 heavy (non-hydrogen) atoms. The Hall–Kier alpha value is -1.13. The number of methoxy groups -OCH3 is 2. The topological polar surface area (TPSA) is 31.6 Å². The SMILES string of the molecule is COc1ccc(CC(Br)c2ccc(Cl)o2)cc1OC. The van der Waals surface area contributed by atoms with Gasteiger partial charge in [-0.15, -0.1) is 0 Å². The van der Waals surface area contributed by atoms with Crippen LogP contribution in [-0.4, -0.2) is 14.2 Å². The van der Waals surface area contributed by atoms with Crippen LogP contribution < -0.4 is 9.47 Å². The second kappa shape index (κ2) is 6.35. The molecule has 0 amide bonds. The minimum absolute atomic E-state index is 0.0677. The Labute approximate surface area is 125 Å². The number of alkyl halides is 1. The molecule has 5 heteroatoms. The zero-order valence-electron chi connectivity index (χ0n) is 10.7. The molecule has 0 spiro atoms. The molecule has 0 aliphatic carbocycles. The van der Waals surface area contributed by atoms with Crippen molar-refractivity contribution in [2.75, 3.05) is 14.2 Å². The van der Waals surface area contributed by atoms with E-state index < -0.39 is 0 Å². The van der Waals surface area contributed by atoms with E-state index in [1.54, 1.807) is 20.3 Å². The van der Waals surface area contributed by atoms with Crippen molar-refractivity contribution in [2.24, 2.45) is 0 Å². The normalized spacial score (nSPS) is 12.2. The van der Waals surface area contributed by atoms with Gasteiger partial charge in [-0.3, -0.25) is 0 Å². The van der Waals surface area contributed by atoms with Crippen LogP contribution in [0.3, 0.4) is 0 Å². The summed E-state index contributed by atoms with van der Waals surface area (Å²) in [4.78, 5) is 0.0677. The highest BCUT2D eigenvalue weighted by Gasteiger charge is 2.14. The highest BCUT2D eigenvalue weighted by molar-refractivity contribution is 9.09. The number of rotatable bonds is 5. The van der Waals surface area contributed by atoms with Crippen LogP contribution in [0.1, 0.15) is 16.2 Å². The van der Waals surface area contributed by atoms with E-state index in [1.807, 2.05) is 24.3 Å². The maximum absolute atomic E-state index is 5.77. The molecule has 0 radical (unpaired) electrons. The number of benzene rings is 1. The fraction of sp³-hybridized carbons (Fsp3) is 0.286. The van der Waals surface area contributed by atoms with Crippen LogP contribution in [0.2, 0.25) is 5.22 Å². The van der Waals surface area contributed by atoms with Crippen molar-refractivity contribution in [1.82, 2.24) is 0 Å². The van der Waals surface area contributed by atoms with Gasteiger partial charge in [-0.25, -0.2) is 0 Å². The van der Waals surface area contributed by atoms with Crippen molar-refractivity contribution in [3.05, 3.63) is 46.9 Å². The van der Waals surface area contributed by atoms with E-state index in [0.717, 1.165) is 29.2 Å². The molecule has 0 saturated carbocycles. The summed E-state index contributed by atoms with van der Waals surface area (Å²) in [5, 5.41) is 0.395. The van der Waals surface area contributed by atoms with Gasteiger partial charge in [0, 0.05) is 0 Å². The molecule has 2 rings (SSSR count). The fourth-order valence-corrected chi connectivity index (χ4v) is 2.58. The summed E-state index contributed by atoms with van der Waals surface area (Å²) in [7, 11) is 3.25. The Morgan fingerprint density at radius 3 is 2.47 bits per heavy atom. The Kier molecular flexibility index (Phi) is 4.77. The van der Waals surface area contributed by atoms with Gasteiger partial charge in [0.1, 0.15) is 5.76 Å². The van der Waals surface area contributed by atoms with Gasteiger partial charge in [-0.2, -0.15) is 0 Å². The third kappa shape index (κ3) is 3.45. The van der Waals surface area contributed by atoms with E-state index in [1.165, 1.54) is 0 Å². The van der Waals surface area contributed by atoms with Crippen molar-refractivity contribution in [3.8, 4) is 11.5 Å². The lowest BCUT2D eigenvalue weighted by Crippen LogP contribution is -1.96. The molecule has 1 atom stereocenters. The first kappa shape index (κ1) is 14.3. The minimum Gasteiger partial charge on any atom is -0.493 e. The van der Waals surface area contributed by atoms with Crippen LogP contribution in [0.25, 0.3) is 0 Å². The number of hydrogen-bond acceptors (Lipinski definition) is 3. The molecule has 1 aromatic heterocycles. The monoisotopic (exact) mass is 344 g/mol. The van der Waals surface area contributed by atoms with E-state index in [0.29, 0.717) is 5.22 Å². The average molecular weight is 346 g/mol. The lowest BCUT2D eigenvalue weighted by molar-refractivity contribution is 0.354. The summed E-state index contributed by atoms with van der Waals surface area (Å²) in [5.74, 6) is 2.25. The minimum atomic E-state index is 0.0677. The third-order valence-corrected chi connectivity index (χ3v) is 3.74. The van der Waals surface area contributed by atoms with E-state index in [9.17, 15) is 0 Å². The summed E-state index contributed by atoms with van der Waals surface area (Å²) < 4.78 is 15.9. The Morgan fingerprint density at radius 1 is 1.16 bits per heavy atom. The van der Waals surface area contributed by atoms with Crippen LogP contribution in [0, 0.1) is 0 Å². The fourth-order valence-electron chi connectivity index (χ4n) is 1.81. The zero-order chi connectivity index (χ0) is 13.8. The Balaban J connectivity index is 2.14. The van der Waals surface area contributed by atoms with Gasteiger partial charge in [0.15, 0.2) is 16.7 Å². The van der Waals surface area contributed by atoms with Crippen molar-refractivity contribution in [2.45, 2.75) is 11.2 Å². The van der Waals surface area contributed by atoms with Crippen molar-refractivity contribution in [3.63, 3.8) is 0 Å². The molecule has 102 valence electrons. The maximum Gasteiger partial charge on any atom is 0.193 e. The van der Waals surface area contributed by atoms with E-state index >= 15 is 0 Å². The molecule has 0 aliphatic heterocycles. The molecule has 2 aromatic rings. The molecule has 0 saturated heterocycles. The smallest absolute Gasteiger partial charge is 0.193 e. The molecule has 1 aromatic carbocycles. The van der Waals surface area contributed by atoms with Crippen LogP contribution in [-0.2, 0) is 6.42 Å². The van der Waals surface area contributed by atoms with Crippen molar-refractivity contribution >= 4 is 27.5 Å². The molecular formula is C14H14BrClO3. The highest BCUT2D eigenvalue weighted by atomic mass is 79.9. The first-order valence-electron chi connectivity index (χ1n) is 5.74. The molecule has 0 bridgehead atoms. The summed E-state index contributed by atoms with van der Waals surface area (Å²) in [6.07, 6.45) is 0.768. The standard InChI is InChI=1S/C14H14BrClO3/c1-17-12-4-3-9(8-13(12)18-2)7-10(15)11-5-6-14(16)19-11/h3-6,8,10H,7H2,1-2H3. The molecular weight excluding hydrogens is 332 g/mol. The zero-order valence-corrected chi connectivity index (χ0v) is 13.0. The van der Waals surface area contributed by atoms with E-state index in [-0.39, 0.29) is 4.83 Å². The van der Waals surface area contributed by atoms with Crippen LogP contribution in [0.5, 0.6) is 11.5 Å². The lowest BCUT2D eigenvalue weighted by Gasteiger charge is -2.11. The van der Waals surface area contributed by atoms with Gasteiger partial charge in [0.2, 0.25) is 0 Å². The third-order valence-electron chi connectivity index (χ3n) is 2.77. The number of hydrogen-bond donors (Lipinski definition) is 0. The van der Waals surface area contributed by atoms with E-state index in [2.05, 4.69) is 15.9 Å². The van der Waals surface area contributed by atoms with Crippen LogP contribution in [0.4, 0.5) is 0 Å². The van der Waals surface area contributed by atoms with Gasteiger partial charge in [0.25, 0.3) is 0 Å².